The molecule has 124 heavy (non-hydrogen) atoms. The fourth-order valence-corrected chi connectivity index (χ4v) is 18.3. The summed E-state index contributed by atoms with van der Waals surface area (Å²) in [5.41, 5.74) is 9.15. The predicted octanol–water partition coefficient (Wildman–Crippen LogP) is 13.5. The summed E-state index contributed by atoms with van der Waals surface area (Å²) in [4.78, 5) is 115. The topological polar surface area (TPSA) is 370 Å². The first-order valence-electron chi connectivity index (χ1n) is 39.4. The minimum absolute atomic E-state index is 0.0109. The summed E-state index contributed by atoms with van der Waals surface area (Å²) in [5.74, 6) is -2.22. The monoisotopic (exact) mass is 1730 g/mol. The largest absolute Gasteiger partial charge is 0.471 e. The highest BCUT2D eigenvalue weighted by atomic mass is 35.7. The Bertz CT molecular complexity index is 6620. The van der Waals surface area contributed by atoms with Gasteiger partial charge in [0.25, 0.3) is 0 Å². The van der Waals surface area contributed by atoms with Gasteiger partial charge in [-0.05, 0) is 147 Å². The fourth-order valence-electron chi connectivity index (χ4n) is 17.5. The fraction of sp³-hybridized carbons (Fsp3) is 0.278. The molecule has 18 rings (SSSR count). The predicted molar refractivity (Wildman–Crippen MR) is 456 cm³/mol. The van der Waals surface area contributed by atoms with Crippen LogP contribution in [0.15, 0.2) is 202 Å². The number of likely N-dealkylation sites (tertiary alicyclic amines) is 2. The second kappa shape index (κ2) is 34.0. The summed E-state index contributed by atoms with van der Waals surface area (Å²) >= 11 is 0. The van der Waals surface area contributed by atoms with E-state index in [1.165, 1.54) is 10.6 Å². The number of nitriles is 3. The first kappa shape index (κ1) is 85.3. The Kier molecular flexibility index (Phi) is 23.4. The summed E-state index contributed by atoms with van der Waals surface area (Å²) in [6.07, 6.45) is 19.0. The molecule has 12 aromatic rings. The second-order valence-electron chi connectivity index (χ2n) is 31.8. The summed E-state index contributed by atoms with van der Waals surface area (Å²) in [6, 6.07) is 45.7. The molecule has 0 bridgehead atoms. The maximum atomic E-state index is 14.3. The minimum Gasteiger partial charge on any atom is -0.444 e. The maximum Gasteiger partial charge on any atom is 0.471 e. The molecule has 6 aliphatic rings. The quantitative estimate of drug-likeness (QED) is 0.115. The van der Waals surface area contributed by atoms with Gasteiger partial charge in [0.1, 0.15) is 40.9 Å². The number of hydrogen-bond acceptors (Lipinski definition) is 22. The van der Waals surface area contributed by atoms with Crippen molar-refractivity contribution in [1.29, 1.82) is 15.8 Å². The van der Waals surface area contributed by atoms with Crippen LogP contribution in [-0.4, -0.2) is 169 Å². The molecule has 15 heterocycles. The van der Waals surface area contributed by atoms with Gasteiger partial charge in [-0.15, -0.1) is 0 Å². The molecule has 6 aliphatic heterocycles. The first-order valence-corrected chi connectivity index (χ1v) is 44.0. The van der Waals surface area contributed by atoms with Crippen LogP contribution in [0.2, 0.25) is 0 Å². The zero-order valence-electron chi connectivity index (χ0n) is 67.6. The van der Waals surface area contributed by atoms with E-state index in [0.717, 1.165) is 105 Å². The SMILES string of the molecule is CC(C)(C)OC(=O)N1CCC2(CC1)C(=O)N(Cc1ncc3ccccc3c1-c1ccc(C#N)nc1)c1cnccc12.CS(=O)(=O)Cl.CS(=O)(=O)N1CCC2(CC1)C(=O)N(Cc1ncc3ccccc3c1-c1ccc(C#N)nc1)c1cnccc12.N#Cc1ccc(-c2c(CN3C(=O)C4(CCN(C(=O)C(F)(F)F)CC4)c4ccncc43)ncc3ccccc23)cn1. The summed E-state index contributed by atoms with van der Waals surface area (Å²) in [6.45, 7) is 7.15. The van der Waals surface area contributed by atoms with Crippen LogP contribution in [0.1, 0.15) is 110 Å². The molecule has 28 nitrogen and oxygen atoms in total. The lowest BCUT2D eigenvalue weighted by Gasteiger charge is -2.38. The third-order valence-electron chi connectivity index (χ3n) is 23.3. The summed E-state index contributed by atoms with van der Waals surface area (Å²) in [7, 11) is -2.02. The van der Waals surface area contributed by atoms with E-state index in [1.807, 2.05) is 130 Å². The Morgan fingerprint density at radius 2 is 0.750 bits per heavy atom. The molecular formula is C90H78ClF3N18O10S2. The zero-order valence-corrected chi connectivity index (χ0v) is 70.0. The molecule has 0 aliphatic carbocycles. The standard InChI is InChI=1S/C32H30N6O3.C29H21F3N6O2.C28H24N6O3S.CH3ClO2S/c1-31(2,3)41-30(40)37-14-11-32(12-15-37)25-10-13-34-19-27(25)38(29(32)39)20-26-28(22-8-9-23(16-33)35-18-22)24-7-5-4-6-21(24)17-36-26;30-29(31,32)27(40)37-11-8-28(9-12-37)22-7-10-34-16-24(22)38(26(28)39)17-23-25(19-5-6-20(13-33)35-15-19)21-4-2-1-3-18(21)14-36-23;1-38(36,37)33-12-9-28(10-13-33)23-8-11-30-17-25(23)34(27(28)35)18-24-26(20-6-7-21(14-29)31-16-20)22-5-3-2-4-19(22)15-32-24;1-5(2,3)4/h4-10,13,17-19H,11-12,14-15,20H2,1-3H3;1-7,10,14-16H,8-9,11-12,17H2;2-8,11,15-17H,9-10,12-13,18H2,1H3;1H3. The van der Waals surface area contributed by atoms with Crippen LogP contribution in [0, 0.1) is 34.0 Å². The number of alkyl halides is 3. The van der Waals surface area contributed by atoms with Gasteiger partial charge in [0.2, 0.25) is 36.8 Å². The molecule has 0 N–H and O–H groups in total. The number of pyridine rings is 9. The third-order valence-corrected chi connectivity index (χ3v) is 24.6. The lowest BCUT2D eigenvalue weighted by molar-refractivity contribution is -0.187. The van der Waals surface area contributed by atoms with Crippen molar-refractivity contribution < 1.29 is 58.7 Å². The Balaban J connectivity index is 0.000000140. The van der Waals surface area contributed by atoms with Crippen molar-refractivity contribution in [3.05, 3.63) is 253 Å². The van der Waals surface area contributed by atoms with E-state index in [2.05, 4.69) is 52.7 Å². The molecule has 34 heteroatoms. The maximum absolute atomic E-state index is 14.3. The van der Waals surface area contributed by atoms with Crippen LogP contribution < -0.4 is 14.7 Å². The van der Waals surface area contributed by atoms with Gasteiger partial charge in [0, 0.05) is 155 Å². The van der Waals surface area contributed by atoms with Crippen molar-refractivity contribution in [2.24, 2.45) is 0 Å². The van der Waals surface area contributed by atoms with Crippen molar-refractivity contribution in [2.45, 2.75) is 107 Å². The molecular weight excluding hydrogens is 1650 g/mol. The van der Waals surface area contributed by atoms with Gasteiger partial charge in [-0.25, -0.2) is 40.9 Å². The molecule has 0 atom stereocenters. The van der Waals surface area contributed by atoms with E-state index >= 15 is 0 Å². The molecule has 5 amide bonds. The highest BCUT2D eigenvalue weighted by Crippen LogP contribution is 2.53. The van der Waals surface area contributed by atoms with Crippen LogP contribution in [0.4, 0.5) is 35.0 Å². The van der Waals surface area contributed by atoms with Crippen LogP contribution >= 0.6 is 10.7 Å². The first-order chi connectivity index (χ1) is 59.2. The molecule has 0 unspecified atom stereocenters. The lowest BCUT2D eigenvalue weighted by Crippen LogP contribution is -2.52. The van der Waals surface area contributed by atoms with Gasteiger partial charge in [0.05, 0.1) is 101 Å². The number of fused-ring (bicyclic) bond motifs is 9. The van der Waals surface area contributed by atoms with Gasteiger partial charge in [-0.3, -0.25) is 49.1 Å². The van der Waals surface area contributed by atoms with Crippen molar-refractivity contribution >= 4 is 109 Å². The Hall–Kier alpha value is -13.7. The van der Waals surface area contributed by atoms with Crippen molar-refractivity contribution in [1.82, 2.24) is 59.0 Å². The molecule has 628 valence electrons. The van der Waals surface area contributed by atoms with E-state index in [1.54, 1.807) is 118 Å². The van der Waals surface area contributed by atoms with Crippen LogP contribution in [0.5, 0.6) is 0 Å². The van der Waals surface area contributed by atoms with E-state index < -0.39 is 53.0 Å². The average molecular weight is 1730 g/mol. The van der Waals surface area contributed by atoms with Crippen LogP contribution in [0.25, 0.3) is 65.7 Å². The molecule has 3 spiro atoms. The van der Waals surface area contributed by atoms with Crippen molar-refractivity contribution in [3.8, 4) is 51.6 Å². The van der Waals surface area contributed by atoms with Crippen molar-refractivity contribution in [3.63, 3.8) is 0 Å². The Labute approximate surface area is 715 Å². The van der Waals surface area contributed by atoms with Gasteiger partial charge in [0.15, 0.2) is 0 Å². The number of piperidine rings is 3. The average Bonchev–Trinajstić information content (AvgIpc) is 1.58. The number of amides is 5. The van der Waals surface area contributed by atoms with Gasteiger partial charge >= 0.3 is 18.2 Å². The number of rotatable bonds is 10. The Morgan fingerprint density at radius 1 is 0.444 bits per heavy atom. The van der Waals surface area contributed by atoms with Crippen LogP contribution in [0.3, 0.4) is 0 Å². The molecule has 0 radical (unpaired) electrons. The number of carbonyl (C=O) groups is 5. The van der Waals surface area contributed by atoms with Crippen molar-refractivity contribution in [2.75, 3.05) is 66.5 Å². The number of hydrogen-bond donors (Lipinski definition) is 0. The smallest absolute Gasteiger partial charge is 0.444 e. The van der Waals surface area contributed by atoms with E-state index in [-0.39, 0.29) is 88.2 Å². The number of sulfonamides is 1. The van der Waals surface area contributed by atoms with Gasteiger partial charge in [-0.1, -0.05) is 72.8 Å². The Morgan fingerprint density at radius 3 is 1.03 bits per heavy atom. The van der Waals surface area contributed by atoms with Crippen LogP contribution in [-0.2, 0) is 78.9 Å². The molecule has 0 saturated carbocycles. The lowest BCUT2D eigenvalue weighted by atomic mass is 9.74. The van der Waals surface area contributed by atoms with E-state index in [0.29, 0.717) is 72.8 Å². The normalized spacial score (nSPS) is 16.3. The number of ether oxygens (including phenoxy) is 1. The molecule has 3 saturated heterocycles. The number of aromatic nitrogens is 9. The number of carbonyl (C=O) groups excluding carboxylic acids is 5. The third kappa shape index (κ3) is 16.8. The highest BCUT2D eigenvalue weighted by Gasteiger charge is 2.57. The molecule has 9 aromatic heterocycles. The second-order valence-corrected chi connectivity index (χ2v) is 36.9. The summed E-state index contributed by atoms with van der Waals surface area (Å²) < 4.78 is 89.2. The number of anilines is 3. The number of nitrogens with zero attached hydrogens (tertiary/aromatic N) is 18. The van der Waals surface area contributed by atoms with Gasteiger partial charge < -0.3 is 29.2 Å². The highest BCUT2D eigenvalue weighted by molar-refractivity contribution is 8.13. The zero-order chi connectivity index (χ0) is 87.8. The summed E-state index contributed by atoms with van der Waals surface area (Å²) in [5, 5.41) is 33.3. The number of halogens is 4. The minimum atomic E-state index is -4.96. The van der Waals surface area contributed by atoms with Gasteiger partial charge in [-0.2, -0.15) is 29.0 Å². The van der Waals surface area contributed by atoms with E-state index in [9.17, 15) is 69.8 Å². The molecule has 3 fully saturated rings. The van der Waals surface area contributed by atoms with E-state index in [4.69, 9.17) is 19.7 Å². The molecule has 3 aromatic carbocycles. The number of benzene rings is 3.